The van der Waals surface area contributed by atoms with Crippen LogP contribution in [-0.2, 0) is 4.79 Å². The van der Waals surface area contributed by atoms with Crippen molar-refractivity contribution in [1.82, 2.24) is 0 Å². The second-order valence-electron chi connectivity index (χ2n) is 3.85. The van der Waals surface area contributed by atoms with E-state index in [-0.39, 0.29) is 13.1 Å². The van der Waals surface area contributed by atoms with Gasteiger partial charge in [0.1, 0.15) is 6.17 Å². The first-order chi connectivity index (χ1) is 7.59. The van der Waals surface area contributed by atoms with Gasteiger partial charge in [-0.25, -0.2) is 13.6 Å². The number of hydrogen-bond donors (Lipinski definition) is 1. The Morgan fingerprint density at radius 2 is 1.50 bits per heavy atom. The number of hydrogen-bond acceptors (Lipinski definition) is 1. The van der Waals surface area contributed by atoms with E-state index in [0.29, 0.717) is 12.8 Å². The summed E-state index contributed by atoms with van der Waals surface area (Å²) in [6.07, 6.45) is -0.0569. The number of carboxylic acids is 1. The SMILES string of the molecule is O=C(O)C(F)C(F)CCCCCCCCF. The van der Waals surface area contributed by atoms with Crippen molar-refractivity contribution in [3.8, 4) is 0 Å². The molecule has 5 heteroatoms. The highest BCUT2D eigenvalue weighted by Gasteiger charge is 2.26. The van der Waals surface area contributed by atoms with Gasteiger partial charge in [-0.2, -0.15) is 0 Å². The van der Waals surface area contributed by atoms with Gasteiger partial charge in [-0.1, -0.05) is 32.1 Å². The minimum absolute atomic E-state index is 0.0590. The molecule has 1 N–H and O–H groups in total. The molecule has 0 radical (unpaired) electrons. The molecule has 0 heterocycles. The van der Waals surface area contributed by atoms with Crippen LogP contribution in [0, 0.1) is 0 Å². The van der Waals surface area contributed by atoms with Gasteiger partial charge in [0.2, 0.25) is 6.17 Å². The first-order valence-electron chi connectivity index (χ1n) is 5.66. The molecule has 16 heavy (non-hydrogen) atoms. The maximum Gasteiger partial charge on any atom is 0.341 e. The molecule has 0 fully saturated rings. The molecular formula is C11H19F3O2. The first kappa shape index (κ1) is 15.3. The van der Waals surface area contributed by atoms with Crippen LogP contribution in [0.4, 0.5) is 13.2 Å². The quantitative estimate of drug-likeness (QED) is 0.594. The molecule has 0 aromatic heterocycles. The molecule has 0 saturated carbocycles. The zero-order valence-electron chi connectivity index (χ0n) is 9.30. The van der Waals surface area contributed by atoms with E-state index in [1.165, 1.54) is 0 Å². The molecule has 2 atom stereocenters. The van der Waals surface area contributed by atoms with Crippen LogP contribution in [0.25, 0.3) is 0 Å². The largest absolute Gasteiger partial charge is 0.479 e. The second-order valence-corrected chi connectivity index (χ2v) is 3.85. The molecule has 0 saturated heterocycles. The third kappa shape index (κ3) is 7.54. The molecule has 0 bridgehead atoms. The Balaban J connectivity index is 3.34. The molecule has 0 aromatic rings. The molecule has 0 spiro atoms. The Hall–Kier alpha value is -0.740. The van der Waals surface area contributed by atoms with Crippen LogP contribution in [0.2, 0.25) is 0 Å². The molecule has 0 aliphatic carbocycles. The summed E-state index contributed by atoms with van der Waals surface area (Å²) in [5.41, 5.74) is 0. The standard InChI is InChI=1S/C11H19F3O2/c12-8-6-4-2-1-3-5-7-9(13)10(14)11(15)16/h9-10H,1-8H2,(H,15,16). The van der Waals surface area contributed by atoms with Gasteiger partial charge in [0.05, 0.1) is 6.67 Å². The van der Waals surface area contributed by atoms with E-state index in [1.54, 1.807) is 0 Å². The van der Waals surface area contributed by atoms with Crippen LogP contribution in [-0.4, -0.2) is 30.1 Å². The smallest absolute Gasteiger partial charge is 0.341 e. The van der Waals surface area contributed by atoms with Gasteiger partial charge < -0.3 is 5.11 Å². The maximum atomic E-state index is 12.9. The molecule has 2 unspecified atom stereocenters. The van der Waals surface area contributed by atoms with Crippen molar-refractivity contribution in [2.75, 3.05) is 6.67 Å². The monoisotopic (exact) mass is 240 g/mol. The maximum absolute atomic E-state index is 12.9. The van der Waals surface area contributed by atoms with Gasteiger partial charge in [0, 0.05) is 0 Å². The summed E-state index contributed by atoms with van der Waals surface area (Å²) < 4.78 is 37.1. The van der Waals surface area contributed by atoms with Crippen molar-refractivity contribution in [2.45, 2.75) is 57.3 Å². The number of carbonyl (C=O) groups is 1. The van der Waals surface area contributed by atoms with Crippen LogP contribution in [0.1, 0.15) is 44.9 Å². The van der Waals surface area contributed by atoms with Crippen LogP contribution >= 0.6 is 0 Å². The van der Waals surface area contributed by atoms with Crippen LogP contribution in [0.5, 0.6) is 0 Å². The van der Waals surface area contributed by atoms with Gasteiger partial charge in [0.25, 0.3) is 0 Å². The number of unbranched alkanes of at least 4 members (excludes halogenated alkanes) is 5. The summed E-state index contributed by atoms with van der Waals surface area (Å²) in [7, 11) is 0. The van der Waals surface area contributed by atoms with Crippen molar-refractivity contribution in [3.63, 3.8) is 0 Å². The van der Waals surface area contributed by atoms with Crippen molar-refractivity contribution in [1.29, 1.82) is 0 Å². The average molecular weight is 240 g/mol. The topological polar surface area (TPSA) is 37.3 Å². The van der Waals surface area contributed by atoms with E-state index in [4.69, 9.17) is 5.11 Å². The van der Waals surface area contributed by atoms with E-state index in [2.05, 4.69) is 0 Å². The normalized spacial score (nSPS) is 14.7. The summed E-state index contributed by atoms with van der Waals surface area (Å²) >= 11 is 0. The third-order valence-electron chi connectivity index (χ3n) is 2.42. The summed E-state index contributed by atoms with van der Waals surface area (Å²) in [5, 5.41) is 8.20. The second kappa shape index (κ2) is 9.48. The predicted octanol–water partition coefficient (Wildman–Crippen LogP) is 3.45. The molecular weight excluding hydrogens is 221 g/mol. The lowest BCUT2D eigenvalue weighted by atomic mass is 10.1. The fourth-order valence-electron chi connectivity index (χ4n) is 1.44. The zero-order valence-corrected chi connectivity index (χ0v) is 9.30. The molecule has 96 valence electrons. The lowest BCUT2D eigenvalue weighted by molar-refractivity contribution is -0.145. The van der Waals surface area contributed by atoms with Crippen molar-refractivity contribution >= 4 is 5.97 Å². The number of halogens is 3. The number of alkyl halides is 3. The van der Waals surface area contributed by atoms with E-state index in [9.17, 15) is 18.0 Å². The molecule has 0 aliphatic rings. The molecule has 0 aliphatic heterocycles. The van der Waals surface area contributed by atoms with Gasteiger partial charge in [-0.3, -0.25) is 4.39 Å². The van der Waals surface area contributed by atoms with Crippen molar-refractivity contribution < 1.29 is 23.1 Å². The van der Waals surface area contributed by atoms with E-state index in [1.807, 2.05) is 0 Å². The van der Waals surface area contributed by atoms with Crippen LogP contribution in [0.3, 0.4) is 0 Å². The Morgan fingerprint density at radius 3 is 2.00 bits per heavy atom. The zero-order chi connectivity index (χ0) is 12.4. The lowest BCUT2D eigenvalue weighted by Crippen LogP contribution is -2.26. The third-order valence-corrected chi connectivity index (χ3v) is 2.42. The highest BCUT2D eigenvalue weighted by molar-refractivity contribution is 5.72. The summed E-state index contributed by atoms with van der Waals surface area (Å²) in [6, 6.07) is 0. The minimum Gasteiger partial charge on any atom is -0.479 e. The molecule has 0 aromatic carbocycles. The van der Waals surface area contributed by atoms with Gasteiger partial charge in [-0.05, 0) is 12.8 Å². The van der Waals surface area contributed by atoms with Crippen molar-refractivity contribution in [2.24, 2.45) is 0 Å². The summed E-state index contributed by atoms with van der Waals surface area (Å²) in [4.78, 5) is 10.1. The van der Waals surface area contributed by atoms with E-state index < -0.39 is 18.3 Å². The Kier molecular flexibility index (Phi) is 9.04. The van der Waals surface area contributed by atoms with Gasteiger partial charge in [0.15, 0.2) is 0 Å². The van der Waals surface area contributed by atoms with E-state index >= 15 is 0 Å². The summed E-state index contributed by atoms with van der Waals surface area (Å²) in [5.74, 6) is -1.74. The lowest BCUT2D eigenvalue weighted by Gasteiger charge is -2.09. The van der Waals surface area contributed by atoms with Gasteiger partial charge in [-0.15, -0.1) is 0 Å². The number of rotatable bonds is 10. The number of aliphatic carboxylic acids is 1. The summed E-state index contributed by atoms with van der Waals surface area (Å²) in [6.45, 7) is -0.311. The fraction of sp³-hybridized carbons (Fsp3) is 0.909. The highest BCUT2D eigenvalue weighted by atomic mass is 19.2. The first-order valence-corrected chi connectivity index (χ1v) is 5.66. The van der Waals surface area contributed by atoms with Crippen LogP contribution in [0.15, 0.2) is 0 Å². The predicted molar refractivity (Wildman–Crippen MR) is 55.7 cm³/mol. The van der Waals surface area contributed by atoms with Crippen molar-refractivity contribution in [3.05, 3.63) is 0 Å². The van der Waals surface area contributed by atoms with Gasteiger partial charge >= 0.3 is 5.97 Å². The Labute approximate surface area is 93.8 Å². The Morgan fingerprint density at radius 1 is 1.00 bits per heavy atom. The molecule has 0 amide bonds. The molecule has 2 nitrogen and oxygen atoms in total. The van der Waals surface area contributed by atoms with E-state index in [0.717, 1.165) is 25.7 Å². The fourth-order valence-corrected chi connectivity index (χ4v) is 1.44. The minimum atomic E-state index is -2.41. The Bertz CT molecular complexity index is 188. The number of carboxylic acid groups (broad SMARTS) is 1. The average Bonchev–Trinajstić information content (AvgIpc) is 2.26. The highest BCUT2D eigenvalue weighted by Crippen LogP contribution is 2.14. The van der Waals surface area contributed by atoms with Crippen LogP contribution < -0.4 is 0 Å². The molecule has 0 rings (SSSR count).